The van der Waals surface area contributed by atoms with E-state index in [4.69, 9.17) is 28.9 Å². The van der Waals surface area contributed by atoms with Crippen LogP contribution in [0.5, 0.6) is 0 Å². The van der Waals surface area contributed by atoms with E-state index < -0.39 is 0 Å². The summed E-state index contributed by atoms with van der Waals surface area (Å²) in [5, 5.41) is 2.80. The van der Waals surface area contributed by atoms with E-state index in [2.05, 4.69) is 10.3 Å². The van der Waals surface area contributed by atoms with Crippen LogP contribution in [0.3, 0.4) is 0 Å². The van der Waals surface area contributed by atoms with E-state index in [9.17, 15) is 0 Å². The van der Waals surface area contributed by atoms with Gasteiger partial charge in [0.05, 0.1) is 5.02 Å². The fourth-order valence-corrected chi connectivity index (χ4v) is 3.71. The third-order valence-electron chi connectivity index (χ3n) is 3.33. The van der Waals surface area contributed by atoms with Crippen LogP contribution < -0.4 is 5.73 Å². The van der Waals surface area contributed by atoms with Crippen LogP contribution in [0.15, 0.2) is 5.38 Å². The molecule has 1 aliphatic rings. The predicted octanol–water partition coefficient (Wildman–Crippen LogP) is 4.04. The average Bonchev–Trinajstić information content (AvgIpc) is 2.62. The summed E-state index contributed by atoms with van der Waals surface area (Å²) >= 11 is 13.7. The van der Waals surface area contributed by atoms with Crippen molar-refractivity contribution in [1.29, 1.82) is 0 Å². The summed E-state index contributed by atoms with van der Waals surface area (Å²) in [6.07, 6.45) is 3.71. The predicted molar refractivity (Wildman–Crippen MR) is 83.3 cm³/mol. The van der Waals surface area contributed by atoms with Gasteiger partial charge in [-0.2, -0.15) is 0 Å². The average molecular weight is 330 g/mol. The van der Waals surface area contributed by atoms with Gasteiger partial charge in [-0.15, -0.1) is 23.7 Å². The Morgan fingerprint density at radius 1 is 1.44 bits per heavy atom. The molecule has 0 aliphatic carbocycles. The smallest absolute Gasteiger partial charge is 0.112 e. The van der Waals surface area contributed by atoms with E-state index in [-0.39, 0.29) is 12.4 Å². The summed E-state index contributed by atoms with van der Waals surface area (Å²) in [6, 6.07) is 0. The molecule has 1 fully saturated rings. The Bertz CT molecular complexity index is 368. The van der Waals surface area contributed by atoms with E-state index in [1.165, 1.54) is 24.2 Å². The number of hydrogen-bond donors (Lipinski definition) is 1. The molecule has 2 rings (SSSR count). The number of hydrogen-bond acceptors (Lipinski definition) is 3. The van der Waals surface area contributed by atoms with Crippen LogP contribution in [-0.2, 0) is 6.54 Å². The first-order valence-corrected chi connectivity index (χ1v) is 7.68. The lowest BCUT2D eigenvalue weighted by Gasteiger charge is -2.32. The second kappa shape index (κ2) is 7.93. The number of likely N-dealkylation sites (tertiary alicyclic amines) is 1. The van der Waals surface area contributed by atoms with Crippen molar-refractivity contribution in [2.45, 2.75) is 25.8 Å². The van der Waals surface area contributed by atoms with Crippen molar-refractivity contribution < 1.29 is 0 Å². The number of rotatable bonds is 4. The zero-order valence-electron chi connectivity index (χ0n) is 10.2. The fraction of sp³-hybridized carbons (Fsp3) is 0.667. The normalized spacial score (nSPS) is 20.7. The van der Waals surface area contributed by atoms with E-state index >= 15 is 0 Å². The van der Waals surface area contributed by atoms with Gasteiger partial charge in [0.1, 0.15) is 4.34 Å². The minimum absolute atomic E-state index is 0. The standard InChI is InChI=1S/C12H18Cl2N2S.ClH/c13-11-10(8-17-12(11)14)7-16-5-1-2-9(6-16)3-4-15;/h8-9H,1-7,15H2;1H. The number of piperidine rings is 1. The second-order valence-electron chi connectivity index (χ2n) is 4.67. The van der Waals surface area contributed by atoms with Gasteiger partial charge in [0.15, 0.2) is 0 Å². The maximum atomic E-state index is 6.16. The van der Waals surface area contributed by atoms with E-state index in [1.807, 2.05) is 0 Å². The van der Waals surface area contributed by atoms with E-state index in [0.717, 1.165) is 49.1 Å². The lowest BCUT2D eigenvalue weighted by atomic mass is 9.95. The van der Waals surface area contributed by atoms with Crippen LogP contribution in [0.25, 0.3) is 0 Å². The highest BCUT2D eigenvalue weighted by Crippen LogP contribution is 2.33. The highest BCUT2D eigenvalue weighted by molar-refractivity contribution is 7.15. The lowest BCUT2D eigenvalue weighted by molar-refractivity contribution is 0.163. The first kappa shape index (κ1) is 16.5. The molecule has 2 N–H and O–H groups in total. The van der Waals surface area contributed by atoms with Crippen molar-refractivity contribution in [3.63, 3.8) is 0 Å². The maximum Gasteiger partial charge on any atom is 0.112 e. The first-order chi connectivity index (χ1) is 8.20. The summed E-state index contributed by atoms with van der Waals surface area (Å²) < 4.78 is 0.706. The molecule has 104 valence electrons. The molecule has 2 heterocycles. The Labute approximate surface area is 129 Å². The quantitative estimate of drug-likeness (QED) is 0.903. The van der Waals surface area contributed by atoms with Crippen molar-refractivity contribution in [2.75, 3.05) is 19.6 Å². The highest BCUT2D eigenvalue weighted by Gasteiger charge is 2.20. The molecular weight excluding hydrogens is 311 g/mol. The van der Waals surface area contributed by atoms with Gasteiger partial charge < -0.3 is 5.73 Å². The third kappa shape index (κ3) is 4.26. The Kier molecular flexibility index (Phi) is 7.29. The molecule has 1 saturated heterocycles. The van der Waals surface area contributed by atoms with Gasteiger partial charge in [-0.05, 0) is 49.2 Å². The van der Waals surface area contributed by atoms with Gasteiger partial charge in [-0.25, -0.2) is 0 Å². The SMILES string of the molecule is Cl.NCCC1CCCN(Cc2csc(Cl)c2Cl)C1. The first-order valence-electron chi connectivity index (χ1n) is 6.04. The van der Waals surface area contributed by atoms with Crippen LogP contribution >= 0.6 is 46.9 Å². The Morgan fingerprint density at radius 2 is 2.22 bits per heavy atom. The van der Waals surface area contributed by atoms with Crippen molar-refractivity contribution in [3.8, 4) is 0 Å². The number of halogens is 3. The molecule has 1 atom stereocenters. The largest absolute Gasteiger partial charge is 0.330 e. The van der Waals surface area contributed by atoms with Gasteiger partial charge in [0, 0.05) is 13.1 Å². The number of nitrogens with two attached hydrogens (primary N) is 1. The van der Waals surface area contributed by atoms with Crippen molar-refractivity contribution in [3.05, 3.63) is 20.3 Å². The monoisotopic (exact) mass is 328 g/mol. The molecule has 0 amide bonds. The lowest BCUT2D eigenvalue weighted by Crippen LogP contribution is -2.35. The molecule has 1 unspecified atom stereocenters. The van der Waals surface area contributed by atoms with Gasteiger partial charge in [0.25, 0.3) is 0 Å². The van der Waals surface area contributed by atoms with Crippen LogP contribution in [0.2, 0.25) is 9.36 Å². The molecule has 2 nitrogen and oxygen atoms in total. The van der Waals surface area contributed by atoms with E-state index in [0.29, 0.717) is 4.34 Å². The van der Waals surface area contributed by atoms with Gasteiger partial charge in [-0.3, -0.25) is 4.90 Å². The highest BCUT2D eigenvalue weighted by atomic mass is 35.5. The zero-order chi connectivity index (χ0) is 12.3. The molecule has 0 radical (unpaired) electrons. The van der Waals surface area contributed by atoms with Gasteiger partial charge >= 0.3 is 0 Å². The van der Waals surface area contributed by atoms with Crippen molar-refractivity contribution in [2.24, 2.45) is 11.7 Å². The zero-order valence-corrected chi connectivity index (χ0v) is 13.3. The molecular formula is C12H19Cl3N2S. The van der Waals surface area contributed by atoms with Crippen LogP contribution in [-0.4, -0.2) is 24.5 Å². The van der Waals surface area contributed by atoms with E-state index in [1.54, 1.807) is 0 Å². The Hall–Kier alpha value is 0.490. The molecule has 1 aliphatic heterocycles. The van der Waals surface area contributed by atoms with Gasteiger partial charge in [-0.1, -0.05) is 23.2 Å². The minimum atomic E-state index is 0. The molecule has 0 aromatic carbocycles. The van der Waals surface area contributed by atoms with Gasteiger partial charge in [0.2, 0.25) is 0 Å². The summed E-state index contributed by atoms with van der Waals surface area (Å²) in [4.78, 5) is 2.47. The molecule has 18 heavy (non-hydrogen) atoms. The Morgan fingerprint density at radius 3 is 2.83 bits per heavy atom. The molecule has 1 aromatic rings. The third-order valence-corrected chi connectivity index (χ3v) is 5.24. The van der Waals surface area contributed by atoms with Crippen LogP contribution in [0, 0.1) is 5.92 Å². The maximum absolute atomic E-state index is 6.16. The number of nitrogens with zero attached hydrogens (tertiary/aromatic N) is 1. The van der Waals surface area contributed by atoms with Crippen molar-refractivity contribution >= 4 is 46.9 Å². The summed E-state index contributed by atoms with van der Waals surface area (Å²) in [5.74, 6) is 0.752. The second-order valence-corrected chi connectivity index (χ2v) is 6.53. The minimum Gasteiger partial charge on any atom is -0.330 e. The Balaban J connectivity index is 0.00000162. The van der Waals surface area contributed by atoms with Crippen LogP contribution in [0.4, 0.5) is 0 Å². The fourth-order valence-electron chi connectivity index (χ4n) is 2.47. The summed E-state index contributed by atoms with van der Waals surface area (Å²) in [6.45, 7) is 4.01. The summed E-state index contributed by atoms with van der Waals surface area (Å²) in [5.41, 5.74) is 6.79. The molecule has 1 aromatic heterocycles. The molecule has 0 saturated carbocycles. The molecule has 0 spiro atoms. The van der Waals surface area contributed by atoms with Crippen molar-refractivity contribution in [1.82, 2.24) is 4.90 Å². The number of thiophene rings is 1. The molecule has 6 heteroatoms. The summed E-state index contributed by atoms with van der Waals surface area (Å²) in [7, 11) is 0. The van der Waals surface area contributed by atoms with Crippen LogP contribution in [0.1, 0.15) is 24.8 Å². The molecule has 0 bridgehead atoms. The topological polar surface area (TPSA) is 29.3 Å².